The smallest absolute Gasteiger partial charge is 0.305 e. The molecule has 0 saturated heterocycles. The molecule has 2 aromatic rings. The van der Waals surface area contributed by atoms with E-state index in [2.05, 4.69) is 26.5 Å². The van der Waals surface area contributed by atoms with Gasteiger partial charge in [-0.25, -0.2) is 4.98 Å². The summed E-state index contributed by atoms with van der Waals surface area (Å²) in [6, 6.07) is 0. The summed E-state index contributed by atoms with van der Waals surface area (Å²) in [4.78, 5) is 25.2. The van der Waals surface area contributed by atoms with E-state index >= 15 is 0 Å². The van der Waals surface area contributed by atoms with Crippen LogP contribution in [0.15, 0.2) is 18.5 Å². The van der Waals surface area contributed by atoms with Crippen LogP contribution in [0.3, 0.4) is 0 Å². The van der Waals surface area contributed by atoms with Crippen LogP contribution in [0, 0.1) is 0 Å². The molecule has 2 rings (SSSR count). The highest BCUT2D eigenvalue weighted by Crippen LogP contribution is 2.12. The molecule has 0 atom stereocenters. The molecule has 0 saturated carbocycles. The molecule has 4 N–H and O–H groups in total. The maximum absolute atomic E-state index is 11.6. The maximum atomic E-state index is 11.6. The molecule has 0 unspecified atom stereocenters. The fourth-order valence-corrected chi connectivity index (χ4v) is 1.19. The number of ketones is 1. The second-order valence-corrected chi connectivity index (χ2v) is 3.20. The van der Waals surface area contributed by atoms with Gasteiger partial charge in [0.15, 0.2) is 12.1 Å². The molecular formula is C9H10N5O+. The average molecular weight is 204 g/mol. The van der Waals surface area contributed by atoms with Crippen molar-refractivity contribution in [3.8, 4) is 0 Å². The number of imidazole rings is 1. The number of hydrogen-bond acceptors (Lipinski definition) is 4. The number of allylic oxidation sites excluding steroid dienone is 1. The quantitative estimate of drug-likeness (QED) is 0.535. The van der Waals surface area contributed by atoms with E-state index in [9.17, 15) is 4.79 Å². The van der Waals surface area contributed by atoms with Gasteiger partial charge in [-0.15, -0.1) is 0 Å². The maximum Gasteiger partial charge on any atom is 0.305 e. The van der Waals surface area contributed by atoms with Crippen molar-refractivity contribution in [2.24, 2.45) is 0 Å². The van der Waals surface area contributed by atoms with Crippen molar-refractivity contribution in [2.45, 2.75) is 6.92 Å². The Hall–Kier alpha value is -2.24. The van der Waals surface area contributed by atoms with Crippen LogP contribution < -0.4 is 10.7 Å². The number of rotatable bonds is 2. The fourth-order valence-electron chi connectivity index (χ4n) is 1.19. The van der Waals surface area contributed by atoms with E-state index in [0.717, 1.165) is 0 Å². The van der Waals surface area contributed by atoms with E-state index in [0.29, 0.717) is 16.7 Å². The largest absolute Gasteiger partial charge is 0.380 e. The third kappa shape index (κ3) is 1.45. The SMILES string of the molecule is C=C(C)C(=O)c1nc(N)c2[nH]c[nH+]c2n1. The number of aromatic amines is 2. The zero-order valence-electron chi connectivity index (χ0n) is 8.16. The van der Waals surface area contributed by atoms with Gasteiger partial charge in [0.25, 0.3) is 5.82 Å². The van der Waals surface area contributed by atoms with Crippen LogP contribution in [0.4, 0.5) is 5.82 Å². The van der Waals surface area contributed by atoms with Gasteiger partial charge in [0.2, 0.25) is 11.3 Å². The van der Waals surface area contributed by atoms with Crippen LogP contribution in [0.5, 0.6) is 0 Å². The van der Waals surface area contributed by atoms with Gasteiger partial charge >= 0.3 is 5.65 Å². The van der Waals surface area contributed by atoms with E-state index in [-0.39, 0.29) is 17.4 Å². The molecule has 0 aliphatic rings. The molecule has 15 heavy (non-hydrogen) atoms. The molecule has 0 fully saturated rings. The van der Waals surface area contributed by atoms with Crippen LogP contribution in [-0.2, 0) is 0 Å². The third-order valence-electron chi connectivity index (χ3n) is 1.95. The van der Waals surface area contributed by atoms with Gasteiger partial charge in [-0.05, 0) is 12.5 Å². The Morgan fingerprint density at radius 2 is 2.33 bits per heavy atom. The Balaban J connectivity index is 2.63. The van der Waals surface area contributed by atoms with Crippen LogP contribution in [-0.4, -0.2) is 20.7 Å². The molecule has 6 nitrogen and oxygen atoms in total. The summed E-state index contributed by atoms with van der Waals surface area (Å²) in [5.41, 5.74) is 7.13. The van der Waals surface area contributed by atoms with Gasteiger partial charge in [0, 0.05) is 0 Å². The van der Waals surface area contributed by atoms with Crippen LogP contribution in [0.25, 0.3) is 11.2 Å². The number of carbonyl (C=O) groups excluding carboxylic acids is 1. The summed E-state index contributed by atoms with van der Waals surface area (Å²) in [6.07, 6.45) is 1.57. The monoisotopic (exact) mass is 204 g/mol. The highest BCUT2D eigenvalue weighted by Gasteiger charge is 2.19. The third-order valence-corrected chi connectivity index (χ3v) is 1.95. The predicted molar refractivity (Wildman–Crippen MR) is 54.0 cm³/mol. The number of fused-ring (bicyclic) bond motifs is 1. The van der Waals surface area contributed by atoms with E-state index in [1.807, 2.05) is 0 Å². The summed E-state index contributed by atoms with van der Waals surface area (Å²) < 4.78 is 0. The van der Waals surface area contributed by atoms with Gasteiger partial charge < -0.3 is 5.73 Å². The Morgan fingerprint density at radius 1 is 1.60 bits per heavy atom. The van der Waals surface area contributed by atoms with Crippen molar-refractivity contribution in [1.82, 2.24) is 15.0 Å². The van der Waals surface area contributed by atoms with Gasteiger partial charge in [0.05, 0.1) is 0 Å². The number of hydrogen-bond donors (Lipinski definition) is 2. The molecule has 0 bridgehead atoms. The Kier molecular flexibility index (Phi) is 1.96. The number of aromatic nitrogens is 4. The van der Waals surface area contributed by atoms with Crippen LogP contribution in [0.2, 0.25) is 0 Å². The molecule has 0 aliphatic carbocycles. The number of nitrogens with zero attached hydrogens (tertiary/aromatic N) is 2. The molecule has 0 radical (unpaired) electrons. The number of carbonyl (C=O) groups is 1. The van der Waals surface area contributed by atoms with Gasteiger partial charge in [-0.1, -0.05) is 11.6 Å². The number of Topliss-reactive ketones (excluding diaryl/α,β-unsaturated/α-hetero) is 1. The number of anilines is 1. The Labute approximate surface area is 85.3 Å². The van der Waals surface area contributed by atoms with Crippen LogP contribution >= 0.6 is 0 Å². The minimum absolute atomic E-state index is 0.0587. The molecule has 2 aromatic heterocycles. The summed E-state index contributed by atoms with van der Waals surface area (Å²) in [7, 11) is 0. The molecule has 76 valence electrons. The average Bonchev–Trinajstić information content (AvgIpc) is 2.64. The highest BCUT2D eigenvalue weighted by atomic mass is 16.1. The van der Waals surface area contributed by atoms with Crippen molar-refractivity contribution in [3.63, 3.8) is 0 Å². The number of nitrogen functional groups attached to an aromatic ring is 1. The molecule has 0 aliphatic heterocycles. The predicted octanol–water partition coefficient (Wildman–Crippen LogP) is 0.113. The minimum Gasteiger partial charge on any atom is -0.380 e. The molecule has 0 amide bonds. The van der Waals surface area contributed by atoms with Crippen molar-refractivity contribution in [3.05, 3.63) is 24.3 Å². The lowest BCUT2D eigenvalue weighted by Crippen LogP contribution is -2.11. The first-order chi connectivity index (χ1) is 7.09. The minimum atomic E-state index is -0.307. The molecule has 6 heteroatoms. The van der Waals surface area contributed by atoms with Gasteiger partial charge in [-0.2, -0.15) is 4.98 Å². The lowest BCUT2D eigenvalue weighted by atomic mass is 10.2. The van der Waals surface area contributed by atoms with E-state index in [1.54, 1.807) is 13.3 Å². The van der Waals surface area contributed by atoms with Crippen molar-refractivity contribution < 1.29 is 9.78 Å². The highest BCUT2D eigenvalue weighted by molar-refractivity contribution is 6.06. The van der Waals surface area contributed by atoms with Gasteiger partial charge in [0.1, 0.15) is 0 Å². The Morgan fingerprint density at radius 3 is 3.00 bits per heavy atom. The summed E-state index contributed by atoms with van der Waals surface area (Å²) >= 11 is 0. The first kappa shape index (κ1) is 9.32. The number of H-pyrrole nitrogens is 2. The second-order valence-electron chi connectivity index (χ2n) is 3.20. The van der Waals surface area contributed by atoms with E-state index in [1.165, 1.54) is 0 Å². The standard InChI is InChI=1S/C9H9N5O/c1-4(2)6(15)9-13-7(10)5-8(14-9)12-3-11-5/h3H,1H2,2H3,(H3,10,11,12,13,14)/p+1. The Bertz CT molecular complexity index is 557. The molecular weight excluding hydrogens is 194 g/mol. The fraction of sp³-hybridized carbons (Fsp3) is 0.111. The zero-order chi connectivity index (χ0) is 11.0. The topological polar surface area (TPSA) is 98.8 Å². The number of nitrogens with one attached hydrogen (secondary N) is 2. The molecule has 0 spiro atoms. The normalized spacial score (nSPS) is 10.5. The van der Waals surface area contributed by atoms with Gasteiger partial charge in [-0.3, -0.25) is 9.78 Å². The lowest BCUT2D eigenvalue weighted by molar-refractivity contribution is -0.347. The van der Waals surface area contributed by atoms with E-state index < -0.39 is 0 Å². The summed E-state index contributed by atoms with van der Waals surface area (Å²) in [5, 5.41) is 0. The number of nitrogens with two attached hydrogens (primary N) is 1. The molecule has 0 aromatic carbocycles. The first-order valence-corrected chi connectivity index (χ1v) is 4.32. The molecule has 2 heterocycles. The van der Waals surface area contributed by atoms with Crippen LogP contribution in [0.1, 0.15) is 17.5 Å². The van der Waals surface area contributed by atoms with E-state index in [4.69, 9.17) is 5.73 Å². The van der Waals surface area contributed by atoms with Crippen molar-refractivity contribution in [1.29, 1.82) is 0 Å². The summed E-state index contributed by atoms with van der Waals surface area (Å²) in [5.74, 6) is -0.00704. The zero-order valence-corrected chi connectivity index (χ0v) is 8.16. The first-order valence-electron chi connectivity index (χ1n) is 4.32. The van der Waals surface area contributed by atoms with Crippen molar-refractivity contribution >= 4 is 22.8 Å². The second kappa shape index (κ2) is 3.16. The van der Waals surface area contributed by atoms with Crippen molar-refractivity contribution in [2.75, 3.05) is 5.73 Å². The lowest BCUT2D eigenvalue weighted by Gasteiger charge is -1.95. The summed E-state index contributed by atoms with van der Waals surface area (Å²) in [6.45, 7) is 5.14.